The average molecular weight is 313 g/mol. The predicted octanol–water partition coefficient (Wildman–Crippen LogP) is 3.07. The maximum atomic E-state index is 12.1. The highest BCUT2D eigenvalue weighted by Gasteiger charge is 2.22. The largest absolute Gasteiger partial charge is 0.384 e. The normalized spacial score (nSPS) is 13.9. The van der Waals surface area contributed by atoms with Gasteiger partial charge in [-0.25, -0.2) is 13.1 Å². The van der Waals surface area contributed by atoms with Crippen LogP contribution >= 0.6 is 0 Å². The number of hydrogen-bond donors (Lipinski definition) is 1. The Hall–Kier alpha value is -0.910. The molecule has 0 fully saturated rings. The summed E-state index contributed by atoms with van der Waals surface area (Å²) in [6.07, 6.45) is 0. The van der Waals surface area contributed by atoms with Gasteiger partial charge in [0.25, 0.3) is 0 Å². The molecule has 21 heavy (non-hydrogen) atoms. The predicted molar refractivity (Wildman–Crippen MR) is 86.9 cm³/mol. The van der Waals surface area contributed by atoms with E-state index in [-0.39, 0.29) is 24.3 Å². The first kappa shape index (κ1) is 18.1. The molecule has 0 aromatic heterocycles. The minimum absolute atomic E-state index is 0.0171. The van der Waals surface area contributed by atoms with E-state index in [2.05, 4.69) is 30.7 Å². The number of sulfonamides is 1. The van der Waals surface area contributed by atoms with E-state index in [9.17, 15) is 8.42 Å². The second-order valence-electron chi connectivity index (χ2n) is 5.97. The van der Waals surface area contributed by atoms with Crippen LogP contribution in [0.3, 0.4) is 0 Å². The summed E-state index contributed by atoms with van der Waals surface area (Å²) in [7, 11) is -1.84. The van der Waals surface area contributed by atoms with Crippen LogP contribution in [0.25, 0.3) is 0 Å². The molecule has 0 bridgehead atoms. The molecule has 0 spiro atoms. The van der Waals surface area contributed by atoms with Crippen LogP contribution in [-0.2, 0) is 14.8 Å². The van der Waals surface area contributed by atoms with Gasteiger partial charge >= 0.3 is 0 Å². The molecular weight excluding hydrogens is 286 g/mol. The highest BCUT2D eigenvalue weighted by molar-refractivity contribution is 7.89. The number of methoxy groups -OCH3 is 1. The van der Waals surface area contributed by atoms with Gasteiger partial charge in [0.2, 0.25) is 10.0 Å². The van der Waals surface area contributed by atoms with Gasteiger partial charge in [-0.3, -0.25) is 0 Å². The van der Waals surface area contributed by atoms with Gasteiger partial charge < -0.3 is 4.74 Å². The number of hydrogen-bond acceptors (Lipinski definition) is 3. The molecule has 0 amide bonds. The lowest BCUT2D eigenvalue weighted by Crippen LogP contribution is -2.34. The summed E-state index contributed by atoms with van der Waals surface area (Å²) >= 11 is 0. The first-order valence-electron chi connectivity index (χ1n) is 7.35. The van der Waals surface area contributed by atoms with Gasteiger partial charge in [-0.1, -0.05) is 52.0 Å². The zero-order valence-electron chi connectivity index (χ0n) is 13.6. The monoisotopic (exact) mass is 313 g/mol. The van der Waals surface area contributed by atoms with Crippen LogP contribution in [0.1, 0.15) is 50.8 Å². The first-order valence-corrected chi connectivity index (χ1v) is 9.01. The lowest BCUT2D eigenvalue weighted by Gasteiger charge is -2.23. The Morgan fingerprint density at radius 3 is 2.00 bits per heavy atom. The second kappa shape index (κ2) is 7.92. The zero-order valence-corrected chi connectivity index (χ0v) is 14.4. The molecule has 0 saturated heterocycles. The van der Waals surface area contributed by atoms with Crippen LogP contribution in [0.4, 0.5) is 0 Å². The van der Waals surface area contributed by atoms with Crippen molar-refractivity contribution in [2.45, 2.75) is 39.7 Å². The molecule has 1 aromatic rings. The van der Waals surface area contributed by atoms with Crippen molar-refractivity contribution in [3.05, 3.63) is 35.4 Å². The third-order valence-corrected chi connectivity index (χ3v) is 4.81. The van der Waals surface area contributed by atoms with Crippen LogP contribution in [0.5, 0.6) is 0 Å². The lowest BCUT2D eigenvalue weighted by atomic mass is 9.94. The molecule has 1 N–H and O–H groups in total. The fraction of sp³-hybridized carbons (Fsp3) is 0.625. The molecule has 1 atom stereocenters. The molecule has 0 aliphatic heterocycles. The van der Waals surface area contributed by atoms with Crippen LogP contribution in [-0.4, -0.2) is 27.9 Å². The van der Waals surface area contributed by atoms with Crippen LogP contribution in [0.15, 0.2) is 24.3 Å². The minimum Gasteiger partial charge on any atom is -0.384 e. The molecule has 1 aromatic carbocycles. The molecule has 0 heterocycles. The number of rotatable bonds is 8. The zero-order chi connectivity index (χ0) is 16.0. The van der Waals surface area contributed by atoms with Gasteiger partial charge in [0, 0.05) is 13.2 Å². The molecule has 0 saturated carbocycles. The quantitative estimate of drug-likeness (QED) is 0.802. The molecule has 120 valence electrons. The fourth-order valence-corrected chi connectivity index (χ4v) is 3.42. The maximum absolute atomic E-state index is 12.1. The van der Waals surface area contributed by atoms with Crippen molar-refractivity contribution in [3.8, 4) is 0 Å². The van der Waals surface area contributed by atoms with E-state index in [1.807, 2.05) is 26.0 Å². The molecule has 0 aliphatic carbocycles. The highest BCUT2D eigenvalue weighted by atomic mass is 32.2. The standard InChI is InChI=1S/C16H27NO3S/c1-12(2)14-6-8-15(9-7-14)16(13(3)4)17-21(18,19)11-10-20-5/h6-9,12-13,16-17H,10-11H2,1-5H3/t16-/m1/s1. The van der Waals surface area contributed by atoms with Crippen molar-refractivity contribution < 1.29 is 13.2 Å². The fourth-order valence-electron chi connectivity index (χ4n) is 2.12. The molecule has 0 radical (unpaired) electrons. The summed E-state index contributed by atoms with van der Waals surface area (Å²) in [5.41, 5.74) is 2.25. The molecule has 4 nitrogen and oxygen atoms in total. The summed E-state index contributed by atoms with van der Waals surface area (Å²) in [5, 5.41) is 0. The third kappa shape index (κ3) is 5.77. The van der Waals surface area contributed by atoms with Gasteiger partial charge in [-0.2, -0.15) is 0 Å². The number of ether oxygens (including phenoxy) is 1. The van der Waals surface area contributed by atoms with Gasteiger partial charge in [0.15, 0.2) is 0 Å². The summed E-state index contributed by atoms with van der Waals surface area (Å²) in [6.45, 7) is 8.51. The van der Waals surface area contributed by atoms with Gasteiger partial charge in [0.05, 0.1) is 12.4 Å². The second-order valence-corrected chi connectivity index (χ2v) is 7.85. The Labute approximate surface area is 129 Å². The summed E-state index contributed by atoms with van der Waals surface area (Å²) < 4.78 is 31.8. The van der Waals surface area contributed by atoms with Crippen molar-refractivity contribution in [1.82, 2.24) is 4.72 Å². The Morgan fingerprint density at radius 2 is 1.57 bits per heavy atom. The van der Waals surface area contributed by atoms with Crippen LogP contribution in [0.2, 0.25) is 0 Å². The number of nitrogens with one attached hydrogen (secondary N) is 1. The van der Waals surface area contributed by atoms with Crippen molar-refractivity contribution in [2.24, 2.45) is 5.92 Å². The SMILES string of the molecule is COCCS(=O)(=O)N[C@@H](c1ccc(C(C)C)cc1)C(C)C. The number of benzene rings is 1. The summed E-state index contributed by atoms with van der Waals surface area (Å²) in [6, 6.07) is 7.95. The van der Waals surface area contributed by atoms with Crippen molar-refractivity contribution in [2.75, 3.05) is 19.5 Å². The van der Waals surface area contributed by atoms with Crippen LogP contribution < -0.4 is 4.72 Å². The van der Waals surface area contributed by atoms with E-state index in [1.165, 1.54) is 12.7 Å². The maximum Gasteiger partial charge on any atom is 0.214 e. The topological polar surface area (TPSA) is 55.4 Å². The van der Waals surface area contributed by atoms with E-state index in [0.717, 1.165) is 5.56 Å². The van der Waals surface area contributed by atoms with E-state index < -0.39 is 10.0 Å². The molecule has 0 unspecified atom stereocenters. The summed E-state index contributed by atoms with van der Waals surface area (Å²) in [4.78, 5) is 0. The van der Waals surface area contributed by atoms with Crippen LogP contribution in [0, 0.1) is 5.92 Å². The highest BCUT2D eigenvalue weighted by Crippen LogP contribution is 2.24. The first-order chi connectivity index (χ1) is 9.76. The van der Waals surface area contributed by atoms with Crippen molar-refractivity contribution in [1.29, 1.82) is 0 Å². The van der Waals surface area contributed by atoms with Crippen molar-refractivity contribution in [3.63, 3.8) is 0 Å². The summed E-state index contributed by atoms with van der Waals surface area (Å²) in [5.74, 6) is 0.624. The van der Waals surface area contributed by atoms with E-state index in [4.69, 9.17) is 4.74 Å². The van der Waals surface area contributed by atoms with Gasteiger partial charge in [-0.15, -0.1) is 0 Å². The van der Waals surface area contributed by atoms with Crippen molar-refractivity contribution >= 4 is 10.0 Å². The minimum atomic E-state index is -3.34. The van der Waals surface area contributed by atoms with E-state index in [1.54, 1.807) is 0 Å². The van der Waals surface area contributed by atoms with Gasteiger partial charge in [-0.05, 0) is 23.0 Å². The Bertz CT molecular complexity index is 521. The van der Waals surface area contributed by atoms with Gasteiger partial charge in [0.1, 0.15) is 0 Å². The smallest absolute Gasteiger partial charge is 0.214 e. The molecule has 0 aliphatic rings. The third-order valence-electron chi connectivity index (χ3n) is 3.49. The van der Waals surface area contributed by atoms with E-state index >= 15 is 0 Å². The molecule has 5 heteroatoms. The molecule has 1 rings (SSSR count). The lowest BCUT2D eigenvalue weighted by molar-refractivity contribution is 0.216. The molecular formula is C16H27NO3S. The Kier molecular flexibility index (Phi) is 6.84. The Balaban J connectivity index is 2.92. The van der Waals surface area contributed by atoms with E-state index in [0.29, 0.717) is 5.92 Å². The Morgan fingerprint density at radius 1 is 1.05 bits per heavy atom. The average Bonchev–Trinajstić information content (AvgIpc) is 2.42.